The van der Waals surface area contributed by atoms with Crippen LogP contribution in [0.3, 0.4) is 0 Å². The first kappa shape index (κ1) is 14.2. The molecule has 1 aromatic rings. The van der Waals surface area contributed by atoms with Crippen LogP contribution in [0.1, 0.15) is 33.6 Å². The molecule has 17 heavy (non-hydrogen) atoms. The minimum Gasteiger partial charge on any atom is -0.481 e. The average Bonchev–Trinajstić information content (AvgIpc) is 2.61. The van der Waals surface area contributed by atoms with Crippen LogP contribution in [-0.4, -0.2) is 32.6 Å². The number of rotatable bonds is 7. The van der Waals surface area contributed by atoms with E-state index in [9.17, 15) is 4.79 Å². The third kappa shape index (κ3) is 5.36. The summed E-state index contributed by atoms with van der Waals surface area (Å²) in [5.41, 5.74) is -0.0109. The molecule has 0 bridgehead atoms. The van der Waals surface area contributed by atoms with E-state index in [0.717, 1.165) is 18.0 Å². The number of aliphatic carboxylic acids is 1. The number of aromatic nitrogens is 2. The van der Waals surface area contributed by atoms with Gasteiger partial charge in [-0.2, -0.15) is 0 Å². The molecule has 0 fully saturated rings. The van der Waals surface area contributed by atoms with Crippen LogP contribution in [-0.2, 0) is 4.79 Å². The Bertz CT molecular complexity index is 379. The predicted molar refractivity (Wildman–Crippen MR) is 70.9 cm³/mol. The molecule has 0 saturated heterocycles. The van der Waals surface area contributed by atoms with E-state index < -0.39 is 5.97 Å². The summed E-state index contributed by atoms with van der Waals surface area (Å²) in [6, 6.07) is 0. The summed E-state index contributed by atoms with van der Waals surface area (Å²) in [6.07, 6.45) is 2.14. The zero-order valence-corrected chi connectivity index (χ0v) is 11.8. The number of hydrogen-bond acceptors (Lipinski definition) is 6. The smallest absolute Gasteiger partial charge is 0.313 e. The van der Waals surface area contributed by atoms with Gasteiger partial charge < -0.3 is 10.4 Å². The van der Waals surface area contributed by atoms with Crippen molar-refractivity contribution in [2.24, 2.45) is 0 Å². The van der Waals surface area contributed by atoms with Gasteiger partial charge in [0.05, 0.1) is 5.75 Å². The highest BCUT2D eigenvalue weighted by Gasteiger charge is 2.18. The van der Waals surface area contributed by atoms with Gasteiger partial charge in [-0.05, 0) is 20.3 Å². The van der Waals surface area contributed by atoms with Gasteiger partial charge in [-0.25, -0.2) is 0 Å². The molecule has 0 aliphatic rings. The minimum atomic E-state index is -0.842. The Hall–Kier alpha value is -0.820. The molecule has 5 nitrogen and oxygen atoms in total. The maximum Gasteiger partial charge on any atom is 0.313 e. The molecule has 0 spiro atoms. The van der Waals surface area contributed by atoms with Crippen LogP contribution in [0.5, 0.6) is 0 Å². The molecule has 1 heterocycles. The van der Waals surface area contributed by atoms with E-state index in [0.29, 0.717) is 4.34 Å². The van der Waals surface area contributed by atoms with Crippen molar-refractivity contribution in [2.75, 3.05) is 11.1 Å². The number of nitrogens with zero attached hydrogens (tertiary/aromatic N) is 2. The lowest BCUT2D eigenvalue weighted by atomic mass is 10.00. The summed E-state index contributed by atoms with van der Waals surface area (Å²) in [4.78, 5) is 10.4. The van der Waals surface area contributed by atoms with Gasteiger partial charge >= 0.3 is 5.97 Å². The number of carboxylic acids is 1. The summed E-state index contributed by atoms with van der Waals surface area (Å²) >= 11 is 2.59. The van der Waals surface area contributed by atoms with E-state index >= 15 is 0 Å². The van der Waals surface area contributed by atoms with Crippen LogP contribution in [0.15, 0.2) is 4.34 Å². The van der Waals surface area contributed by atoms with Crippen molar-refractivity contribution in [2.45, 2.75) is 43.5 Å². The van der Waals surface area contributed by atoms with E-state index in [2.05, 4.69) is 36.3 Å². The van der Waals surface area contributed by atoms with Crippen LogP contribution in [0.2, 0.25) is 0 Å². The van der Waals surface area contributed by atoms with Gasteiger partial charge in [0.15, 0.2) is 4.34 Å². The molecule has 0 radical (unpaired) electrons. The molecule has 0 unspecified atom stereocenters. The van der Waals surface area contributed by atoms with Crippen LogP contribution in [0.4, 0.5) is 5.13 Å². The largest absolute Gasteiger partial charge is 0.481 e. The van der Waals surface area contributed by atoms with Gasteiger partial charge in [-0.3, -0.25) is 4.79 Å². The van der Waals surface area contributed by atoms with Gasteiger partial charge in [-0.15, -0.1) is 10.2 Å². The van der Waals surface area contributed by atoms with Gasteiger partial charge in [0, 0.05) is 5.54 Å². The van der Waals surface area contributed by atoms with E-state index in [4.69, 9.17) is 5.11 Å². The Kier molecular flexibility index (Phi) is 5.20. The fourth-order valence-electron chi connectivity index (χ4n) is 1.42. The zero-order valence-electron chi connectivity index (χ0n) is 10.2. The van der Waals surface area contributed by atoms with Crippen LogP contribution in [0, 0.1) is 0 Å². The molecule has 0 atom stereocenters. The van der Waals surface area contributed by atoms with E-state index in [1.54, 1.807) is 0 Å². The molecule has 0 aliphatic heterocycles. The Morgan fingerprint density at radius 3 is 2.82 bits per heavy atom. The van der Waals surface area contributed by atoms with Crippen molar-refractivity contribution >= 4 is 34.2 Å². The molecular formula is C10H17N3O2S2. The third-order valence-corrected chi connectivity index (χ3v) is 4.00. The Morgan fingerprint density at radius 2 is 2.24 bits per heavy atom. The lowest BCUT2D eigenvalue weighted by Gasteiger charge is -2.24. The average molecular weight is 275 g/mol. The van der Waals surface area contributed by atoms with E-state index in [-0.39, 0.29) is 11.3 Å². The zero-order chi connectivity index (χ0) is 12.9. The van der Waals surface area contributed by atoms with Crippen molar-refractivity contribution in [3.63, 3.8) is 0 Å². The molecular weight excluding hydrogens is 258 g/mol. The fourth-order valence-corrected chi connectivity index (χ4v) is 3.07. The Balaban J connectivity index is 2.53. The van der Waals surface area contributed by atoms with Crippen molar-refractivity contribution in [1.29, 1.82) is 0 Å². The summed E-state index contributed by atoms with van der Waals surface area (Å²) < 4.78 is 0.683. The summed E-state index contributed by atoms with van der Waals surface area (Å²) in [6.45, 7) is 6.36. The second-order valence-corrected chi connectivity index (χ2v) is 6.51. The standard InChI is InChI=1S/C10H17N3O2S2/c1-4-5-10(2,3)11-8-12-13-9(17-8)16-6-7(14)15/h4-6H2,1-3H3,(H,11,12)(H,14,15). The third-order valence-electron chi connectivity index (χ3n) is 2.05. The normalized spacial score (nSPS) is 11.5. The lowest BCUT2D eigenvalue weighted by Crippen LogP contribution is -2.30. The monoisotopic (exact) mass is 275 g/mol. The predicted octanol–water partition coefficient (Wildman–Crippen LogP) is 2.71. The van der Waals surface area contributed by atoms with Crippen molar-refractivity contribution < 1.29 is 9.90 Å². The molecule has 0 amide bonds. The van der Waals surface area contributed by atoms with Crippen LogP contribution in [0.25, 0.3) is 0 Å². The molecule has 96 valence electrons. The first-order chi connectivity index (χ1) is 7.93. The highest BCUT2D eigenvalue weighted by molar-refractivity contribution is 8.01. The first-order valence-electron chi connectivity index (χ1n) is 5.39. The number of thioether (sulfide) groups is 1. The number of anilines is 1. The van der Waals surface area contributed by atoms with Gasteiger partial charge in [0.25, 0.3) is 0 Å². The number of carbonyl (C=O) groups is 1. The van der Waals surface area contributed by atoms with Gasteiger partial charge in [0.2, 0.25) is 5.13 Å². The lowest BCUT2D eigenvalue weighted by molar-refractivity contribution is -0.133. The molecule has 2 N–H and O–H groups in total. The summed E-state index contributed by atoms with van der Waals surface area (Å²) in [7, 11) is 0. The van der Waals surface area contributed by atoms with Crippen LogP contribution >= 0.6 is 23.1 Å². The fraction of sp³-hybridized carbons (Fsp3) is 0.700. The van der Waals surface area contributed by atoms with Crippen LogP contribution < -0.4 is 5.32 Å². The summed E-state index contributed by atoms with van der Waals surface area (Å²) in [5, 5.41) is 20.6. The number of hydrogen-bond donors (Lipinski definition) is 2. The second kappa shape index (κ2) is 6.20. The van der Waals surface area contributed by atoms with E-state index in [1.807, 2.05) is 0 Å². The molecule has 0 aliphatic carbocycles. The Morgan fingerprint density at radius 1 is 1.53 bits per heavy atom. The SMILES string of the molecule is CCCC(C)(C)Nc1nnc(SCC(=O)O)s1. The topological polar surface area (TPSA) is 75.1 Å². The Labute approximate surface area is 109 Å². The second-order valence-electron chi connectivity index (χ2n) is 4.31. The molecule has 0 aromatic carbocycles. The molecule has 7 heteroatoms. The minimum absolute atomic E-state index is 0.0109. The van der Waals surface area contributed by atoms with Crippen molar-refractivity contribution in [3.05, 3.63) is 0 Å². The van der Waals surface area contributed by atoms with Gasteiger partial charge in [0.1, 0.15) is 0 Å². The molecule has 1 rings (SSSR count). The molecule has 0 saturated carbocycles. The highest BCUT2D eigenvalue weighted by Crippen LogP contribution is 2.28. The first-order valence-corrected chi connectivity index (χ1v) is 7.19. The van der Waals surface area contributed by atoms with E-state index in [1.165, 1.54) is 23.1 Å². The highest BCUT2D eigenvalue weighted by atomic mass is 32.2. The maximum atomic E-state index is 10.4. The van der Waals surface area contributed by atoms with Crippen molar-refractivity contribution in [3.8, 4) is 0 Å². The number of nitrogens with one attached hydrogen (secondary N) is 1. The van der Waals surface area contributed by atoms with Crippen molar-refractivity contribution in [1.82, 2.24) is 10.2 Å². The quantitative estimate of drug-likeness (QED) is 0.745. The molecule has 1 aromatic heterocycles. The summed E-state index contributed by atoms with van der Waals surface area (Å²) in [5.74, 6) is -0.821. The number of carboxylic acid groups (broad SMARTS) is 1. The van der Waals surface area contributed by atoms with Gasteiger partial charge in [-0.1, -0.05) is 36.4 Å². The maximum absolute atomic E-state index is 10.4.